The van der Waals surface area contributed by atoms with Crippen molar-refractivity contribution in [3.63, 3.8) is 0 Å². The molecule has 0 fully saturated rings. The smallest absolute Gasteiger partial charge is 0.275 e. The minimum Gasteiger partial charge on any atom is -0.369 e. The fourth-order valence-corrected chi connectivity index (χ4v) is 2.75. The number of anilines is 2. The van der Waals surface area contributed by atoms with Crippen LogP contribution in [0.15, 0.2) is 24.5 Å². The van der Waals surface area contributed by atoms with Gasteiger partial charge < -0.3 is 10.6 Å². The zero-order chi connectivity index (χ0) is 17.5. The SMILES string of the molecule is CCCCCNc1cnc(C(=O)Nc2c(C)cc(C)cc2Cl)cn1. The van der Waals surface area contributed by atoms with E-state index in [-0.39, 0.29) is 11.6 Å². The van der Waals surface area contributed by atoms with Crippen LogP contribution in [0.4, 0.5) is 11.5 Å². The Bertz CT molecular complexity index is 678. The number of rotatable bonds is 7. The lowest BCUT2D eigenvalue weighted by Crippen LogP contribution is -2.15. The van der Waals surface area contributed by atoms with Crippen LogP contribution in [0.25, 0.3) is 0 Å². The molecular formula is C18H23ClN4O. The van der Waals surface area contributed by atoms with Gasteiger partial charge in [-0.1, -0.05) is 37.4 Å². The van der Waals surface area contributed by atoms with E-state index in [1.54, 1.807) is 6.20 Å². The third-order valence-corrected chi connectivity index (χ3v) is 3.94. The molecule has 0 aliphatic heterocycles. The number of nitrogens with one attached hydrogen (secondary N) is 2. The zero-order valence-electron chi connectivity index (χ0n) is 14.3. The average molecular weight is 347 g/mol. The van der Waals surface area contributed by atoms with Gasteiger partial charge >= 0.3 is 0 Å². The summed E-state index contributed by atoms with van der Waals surface area (Å²) in [6.45, 7) is 6.88. The van der Waals surface area contributed by atoms with Crippen LogP contribution in [0.5, 0.6) is 0 Å². The summed E-state index contributed by atoms with van der Waals surface area (Å²) < 4.78 is 0. The van der Waals surface area contributed by atoms with E-state index in [0.717, 1.165) is 24.1 Å². The highest BCUT2D eigenvalue weighted by atomic mass is 35.5. The molecule has 0 bridgehead atoms. The molecule has 0 spiro atoms. The van der Waals surface area contributed by atoms with E-state index in [1.165, 1.54) is 19.0 Å². The van der Waals surface area contributed by atoms with Gasteiger partial charge in [-0.25, -0.2) is 9.97 Å². The lowest BCUT2D eigenvalue weighted by Gasteiger charge is -2.11. The summed E-state index contributed by atoms with van der Waals surface area (Å²) >= 11 is 6.21. The van der Waals surface area contributed by atoms with Gasteiger partial charge in [0.1, 0.15) is 11.5 Å². The minimum absolute atomic E-state index is 0.255. The van der Waals surface area contributed by atoms with Crippen LogP contribution in [0.2, 0.25) is 5.02 Å². The number of hydrogen-bond donors (Lipinski definition) is 2. The molecule has 2 rings (SSSR count). The van der Waals surface area contributed by atoms with E-state index in [0.29, 0.717) is 16.5 Å². The summed E-state index contributed by atoms with van der Waals surface area (Å²) in [5.74, 6) is 0.348. The number of aryl methyl sites for hydroxylation is 2. The highest BCUT2D eigenvalue weighted by Crippen LogP contribution is 2.27. The minimum atomic E-state index is -0.325. The van der Waals surface area contributed by atoms with E-state index in [2.05, 4.69) is 27.5 Å². The van der Waals surface area contributed by atoms with Crippen LogP contribution in [0, 0.1) is 13.8 Å². The Morgan fingerprint density at radius 1 is 1.17 bits per heavy atom. The summed E-state index contributed by atoms with van der Waals surface area (Å²) in [4.78, 5) is 20.7. The predicted octanol–water partition coefficient (Wildman–Crippen LogP) is 4.60. The number of hydrogen-bond acceptors (Lipinski definition) is 4. The molecule has 0 unspecified atom stereocenters. The summed E-state index contributed by atoms with van der Waals surface area (Å²) in [7, 11) is 0. The third-order valence-electron chi connectivity index (χ3n) is 3.64. The van der Waals surface area contributed by atoms with Crippen LogP contribution in [-0.2, 0) is 0 Å². The highest BCUT2D eigenvalue weighted by Gasteiger charge is 2.13. The van der Waals surface area contributed by atoms with Gasteiger partial charge in [-0.05, 0) is 37.5 Å². The summed E-state index contributed by atoms with van der Waals surface area (Å²) in [6.07, 6.45) is 6.48. The van der Waals surface area contributed by atoms with Gasteiger partial charge in [0.2, 0.25) is 0 Å². The first kappa shape index (κ1) is 18.2. The van der Waals surface area contributed by atoms with Crippen molar-refractivity contribution in [2.45, 2.75) is 40.0 Å². The molecule has 2 N–H and O–H groups in total. The Morgan fingerprint density at radius 2 is 1.96 bits per heavy atom. The molecule has 128 valence electrons. The maximum absolute atomic E-state index is 12.3. The van der Waals surface area contributed by atoms with Gasteiger partial charge in [-0.15, -0.1) is 0 Å². The fourth-order valence-electron chi connectivity index (χ4n) is 2.38. The van der Waals surface area contributed by atoms with Gasteiger partial charge in [-0.2, -0.15) is 0 Å². The molecule has 0 aliphatic carbocycles. The molecule has 6 heteroatoms. The second kappa shape index (κ2) is 8.64. The van der Waals surface area contributed by atoms with Crippen LogP contribution < -0.4 is 10.6 Å². The standard InChI is InChI=1S/C18H23ClN4O/c1-4-5-6-7-20-16-11-21-15(10-22-16)18(24)23-17-13(3)8-12(2)9-14(17)19/h8-11H,4-7H2,1-3H3,(H,20,22)(H,23,24). The molecule has 1 heterocycles. The van der Waals surface area contributed by atoms with Gasteiger partial charge in [0, 0.05) is 6.54 Å². The maximum atomic E-state index is 12.3. The lowest BCUT2D eigenvalue weighted by atomic mass is 10.1. The number of carbonyl (C=O) groups is 1. The molecule has 1 aromatic heterocycles. The number of nitrogens with zero attached hydrogens (tertiary/aromatic N) is 2. The van der Waals surface area contributed by atoms with Crippen LogP contribution in [0.1, 0.15) is 47.8 Å². The molecule has 0 saturated heterocycles. The molecule has 0 atom stereocenters. The highest BCUT2D eigenvalue weighted by molar-refractivity contribution is 6.34. The molecule has 0 radical (unpaired) electrons. The monoisotopic (exact) mass is 346 g/mol. The Morgan fingerprint density at radius 3 is 2.58 bits per heavy atom. The molecule has 0 saturated carbocycles. The molecular weight excluding hydrogens is 324 g/mol. The van der Waals surface area contributed by atoms with E-state index in [1.807, 2.05) is 26.0 Å². The number of unbranched alkanes of at least 4 members (excludes halogenated alkanes) is 2. The number of halogens is 1. The fraction of sp³-hybridized carbons (Fsp3) is 0.389. The van der Waals surface area contributed by atoms with Crippen molar-refractivity contribution in [3.05, 3.63) is 46.4 Å². The molecule has 0 aliphatic rings. The summed E-state index contributed by atoms with van der Waals surface area (Å²) in [6, 6.07) is 3.79. The second-order valence-corrected chi connectivity index (χ2v) is 6.22. The van der Waals surface area contributed by atoms with E-state index < -0.39 is 0 Å². The van der Waals surface area contributed by atoms with E-state index in [4.69, 9.17) is 11.6 Å². The van der Waals surface area contributed by atoms with E-state index >= 15 is 0 Å². The first-order chi connectivity index (χ1) is 11.5. The van der Waals surface area contributed by atoms with Gasteiger partial charge in [0.15, 0.2) is 0 Å². The Hall–Kier alpha value is -2.14. The van der Waals surface area contributed by atoms with Crippen LogP contribution in [0.3, 0.4) is 0 Å². The van der Waals surface area contributed by atoms with Crippen molar-refractivity contribution in [1.29, 1.82) is 0 Å². The Balaban J connectivity index is 2.00. The van der Waals surface area contributed by atoms with Crippen molar-refractivity contribution in [2.75, 3.05) is 17.2 Å². The number of amides is 1. The van der Waals surface area contributed by atoms with Crippen LogP contribution in [-0.4, -0.2) is 22.4 Å². The summed E-state index contributed by atoms with van der Waals surface area (Å²) in [5.41, 5.74) is 2.82. The van der Waals surface area contributed by atoms with Crippen LogP contribution >= 0.6 is 11.6 Å². The van der Waals surface area contributed by atoms with Crippen molar-refractivity contribution >= 4 is 29.0 Å². The first-order valence-corrected chi connectivity index (χ1v) is 8.53. The predicted molar refractivity (Wildman–Crippen MR) is 98.9 cm³/mol. The maximum Gasteiger partial charge on any atom is 0.275 e. The number of aromatic nitrogens is 2. The average Bonchev–Trinajstić information content (AvgIpc) is 2.55. The summed E-state index contributed by atoms with van der Waals surface area (Å²) in [5, 5.41) is 6.52. The topological polar surface area (TPSA) is 66.9 Å². The van der Waals surface area contributed by atoms with Gasteiger partial charge in [0.05, 0.1) is 23.1 Å². The number of benzene rings is 1. The first-order valence-electron chi connectivity index (χ1n) is 8.15. The Kier molecular flexibility index (Phi) is 6.55. The second-order valence-electron chi connectivity index (χ2n) is 5.81. The molecule has 1 amide bonds. The quantitative estimate of drug-likeness (QED) is 0.719. The van der Waals surface area contributed by atoms with Crippen molar-refractivity contribution < 1.29 is 4.79 Å². The Labute approximate surface area is 147 Å². The zero-order valence-corrected chi connectivity index (χ0v) is 15.1. The largest absolute Gasteiger partial charge is 0.369 e. The normalized spacial score (nSPS) is 10.5. The van der Waals surface area contributed by atoms with Crippen molar-refractivity contribution in [3.8, 4) is 0 Å². The molecule has 2 aromatic rings. The van der Waals surface area contributed by atoms with E-state index in [9.17, 15) is 4.79 Å². The van der Waals surface area contributed by atoms with Crippen molar-refractivity contribution in [1.82, 2.24) is 9.97 Å². The molecule has 24 heavy (non-hydrogen) atoms. The van der Waals surface area contributed by atoms with Gasteiger partial charge in [0.25, 0.3) is 5.91 Å². The third kappa shape index (κ3) is 4.93. The van der Waals surface area contributed by atoms with Gasteiger partial charge in [-0.3, -0.25) is 4.79 Å². The number of carbonyl (C=O) groups excluding carboxylic acids is 1. The van der Waals surface area contributed by atoms with Crippen molar-refractivity contribution in [2.24, 2.45) is 0 Å². The lowest BCUT2D eigenvalue weighted by molar-refractivity contribution is 0.102. The molecule has 5 nitrogen and oxygen atoms in total. The molecule has 1 aromatic carbocycles.